The van der Waals surface area contributed by atoms with Gasteiger partial charge in [0.1, 0.15) is 16.4 Å². The third-order valence-corrected chi connectivity index (χ3v) is 7.05. The van der Waals surface area contributed by atoms with E-state index >= 15 is 0 Å². The first-order chi connectivity index (χ1) is 16.1. The van der Waals surface area contributed by atoms with Gasteiger partial charge in [-0.3, -0.25) is 9.59 Å². The van der Waals surface area contributed by atoms with Crippen LogP contribution in [0, 0.1) is 6.92 Å². The van der Waals surface area contributed by atoms with Crippen LogP contribution in [-0.2, 0) is 4.79 Å². The van der Waals surface area contributed by atoms with E-state index in [4.69, 9.17) is 16.6 Å². The number of carboxylic acids is 1. The van der Waals surface area contributed by atoms with Crippen molar-refractivity contribution in [2.75, 3.05) is 23.3 Å². The number of piperidine rings is 1. The number of carboxylic acid groups (broad SMARTS) is 1. The fourth-order valence-corrected chi connectivity index (χ4v) is 4.80. The fraction of sp³-hybridized carbons (Fsp3) is 0.318. The van der Waals surface area contributed by atoms with Crippen molar-refractivity contribution < 1.29 is 19.5 Å². The number of hydrogen-bond donors (Lipinski definition) is 4. The van der Waals surface area contributed by atoms with Crippen LogP contribution in [0.25, 0.3) is 0 Å². The Kier molecular flexibility index (Phi) is 7.97. The number of amides is 1. The number of nitrogens with zero attached hydrogens (tertiary/aromatic N) is 3. The second-order valence-electron chi connectivity index (χ2n) is 7.84. The molecule has 6 N–H and O–H groups in total. The number of pyridine rings is 1. The number of carbonyl (C=O) groups excluding carboxylic acids is 2. The first-order valence-electron chi connectivity index (χ1n) is 10.4. The number of thiophene rings is 1. The van der Waals surface area contributed by atoms with E-state index in [-0.39, 0.29) is 10.7 Å². The number of primary amides is 1. The lowest BCUT2D eigenvalue weighted by atomic mass is 9.88. The largest absolute Gasteiger partial charge is 0.477 e. The van der Waals surface area contributed by atoms with Gasteiger partial charge in [-0.15, -0.1) is 22.7 Å². The highest BCUT2D eigenvalue weighted by molar-refractivity contribution is 7.14. The smallest absolute Gasteiger partial charge is 0.348 e. The summed E-state index contributed by atoms with van der Waals surface area (Å²) in [5, 5.41) is 15.7. The summed E-state index contributed by atoms with van der Waals surface area (Å²) in [6.45, 7) is 4.90. The molecule has 0 saturated carbocycles. The van der Waals surface area contributed by atoms with Gasteiger partial charge in [-0.05, 0) is 42.8 Å². The SMILES string of the molecule is CC(=O)c1csc(Nc2ccsc2C(=O)O)n1.Cc1cccnc1N1CCC(N)(C(N)=O)CC1. The number of thiazole rings is 1. The van der Waals surface area contributed by atoms with Crippen LogP contribution < -0.4 is 21.7 Å². The number of anilines is 3. The van der Waals surface area contributed by atoms with Crippen LogP contribution in [0.1, 0.15) is 45.5 Å². The van der Waals surface area contributed by atoms with Gasteiger partial charge in [0.05, 0.1) is 11.2 Å². The molecule has 3 aromatic rings. The molecule has 0 aromatic carbocycles. The topological polar surface area (TPSA) is 165 Å². The Bertz CT molecular complexity index is 1180. The number of nitrogens with two attached hydrogens (primary N) is 2. The molecule has 0 atom stereocenters. The lowest BCUT2D eigenvalue weighted by Crippen LogP contribution is -2.58. The molecule has 0 aliphatic carbocycles. The predicted molar refractivity (Wildman–Crippen MR) is 133 cm³/mol. The lowest BCUT2D eigenvalue weighted by molar-refractivity contribution is -0.123. The molecule has 34 heavy (non-hydrogen) atoms. The molecule has 1 fully saturated rings. The summed E-state index contributed by atoms with van der Waals surface area (Å²) in [7, 11) is 0. The maximum Gasteiger partial charge on any atom is 0.348 e. The molecule has 0 radical (unpaired) electrons. The van der Waals surface area contributed by atoms with Gasteiger partial charge >= 0.3 is 5.97 Å². The quantitative estimate of drug-likeness (QED) is 0.371. The monoisotopic (exact) mass is 502 g/mol. The Labute approximate surface area is 204 Å². The van der Waals surface area contributed by atoms with E-state index < -0.39 is 17.4 Å². The first kappa shape index (κ1) is 25.3. The third kappa shape index (κ3) is 5.95. The van der Waals surface area contributed by atoms with E-state index in [1.807, 2.05) is 19.1 Å². The summed E-state index contributed by atoms with van der Waals surface area (Å²) >= 11 is 2.40. The van der Waals surface area contributed by atoms with Crippen molar-refractivity contribution in [3.8, 4) is 0 Å². The Hall–Kier alpha value is -3.35. The molecule has 1 amide bonds. The lowest BCUT2D eigenvalue weighted by Gasteiger charge is -2.38. The number of nitrogens with one attached hydrogen (secondary N) is 1. The predicted octanol–water partition coefficient (Wildman–Crippen LogP) is 3.02. The molecule has 4 heterocycles. The molecule has 4 rings (SSSR count). The summed E-state index contributed by atoms with van der Waals surface area (Å²) in [4.78, 5) is 44.0. The Morgan fingerprint density at radius 3 is 2.47 bits per heavy atom. The van der Waals surface area contributed by atoms with Crippen molar-refractivity contribution in [3.05, 3.63) is 51.3 Å². The van der Waals surface area contributed by atoms with Crippen LogP contribution in [0.2, 0.25) is 0 Å². The Balaban J connectivity index is 0.000000191. The minimum atomic E-state index is -0.981. The van der Waals surface area contributed by atoms with E-state index in [1.54, 1.807) is 23.0 Å². The summed E-state index contributed by atoms with van der Waals surface area (Å²) in [5.41, 5.74) is 12.4. The van der Waals surface area contributed by atoms with Crippen LogP contribution in [0.3, 0.4) is 0 Å². The van der Waals surface area contributed by atoms with Crippen molar-refractivity contribution >= 4 is 57.0 Å². The van der Waals surface area contributed by atoms with Gasteiger partial charge in [-0.1, -0.05) is 6.07 Å². The zero-order valence-corrected chi connectivity index (χ0v) is 20.4. The van der Waals surface area contributed by atoms with E-state index in [0.717, 1.165) is 35.8 Å². The number of hydrogen-bond acceptors (Lipinski definition) is 10. The molecule has 12 heteroatoms. The van der Waals surface area contributed by atoms with Crippen molar-refractivity contribution in [1.82, 2.24) is 9.97 Å². The van der Waals surface area contributed by atoms with Gasteiger partial charge < -0.3 is 26.8 Å². The number of rotatable bonds is 6. The first-order valence-corrected chi connectivity index (χ1v) is 12.2. The summed E-state index contributed by atoms with van der Waals surface area (Å²) in [6, 6.07) is 5.61. The van der Waals surface area contributed by atoms with Gasteiger partial charge in [-0.25, -0.2) is 14.8 Å². The highest BCUT2D eigenvalue weighted by Gasteiger charge is 2.36. The maximum absolute atomic E-state index is 11.2. The van der Waals surface area contributed by atoms with Crippen LogP contribution in [0.15, 0.2) is 35.2 Å². The second kappa shape index (κ2) is 10.7. The average Bonchev–Trinajstić information content (AvgIpc) is 3.45. The number of aryl methyl sites for hydroxylation is 1. The normalized spacial score (nSPS) is 14.6. The second-order valence-corrected chi connectivity index (χ2v) is 9.61. The van der Waals surface area contributed by atoms with Crippen LogP contribution in [0.4, 0.5) is 16.6 Å². The number of carbonyl (C=O) groups is 3. The van der Waals surface area contributed by atoms with Gasteiger partial charge in [0, 0.05) is 31.6 Å². The highest BCUT2D eigenvalue weighted by atomic mass is 32.1. The minimum absolute atomic E-state index is 0.113. The molecule has 0 bridgehead atoms. The number of ketones is 1. The van der Waals surface area contributed by atoms with E-state index in [9.17, 15) is 14.4 Å². The molecular weight excluding hydrogens is 476 g/mol. The zero-order chi connectivity index (χ0) is 24.9. The molecule has 3 aromatic heterocycles. The molecule has 1 saturated heterocycles. The summed E-state index contributed by atoms with van der Waals surface area (Å²) in [5.74, 6) is -0.530. The molecule has 10 nitrogen and oxygen atoms in total. The van der Waals surface area contributed by atoms with E-state index in [0.29, 0.717) is 29.4 Å². The van der Waals surface area contributed by atoms with E-state index in [2.05, 4.69) is 20.2 Å². The number of aromatic nitrogens is 2. The number of aromatic carboxylic acids is 1. The minimum Gasteiger partial charge on any atom is -0.477 e. The molecule has 1 aliphatic rings. The third-order valence-electron chi connectivity index (χ3n) is 5.39. The number of Topliss-reactive ketones (excluding diaryl/α,β-unsaturated/α-hetero) is 1. The molecule has 0 spiro atoms. The molecular formula is C22H26N6O4S2. The van der Waals surface area contributed by atoms with Gasteiger partial charge in [-0.2, -0.15) is 0 Å². The Morgan fingerprint density at radius 2 is 1.91 bits per heavy atom. The van der Waals surface area contributed by atoms with Crippen LogP contribution >= 0.6 is 22.7 Å². The van der Waals surface area contributed by atoms with Crippen molar-refractivity contribution in [2.24, 2.45) is 11.5 Å². The van der Waals surface area contributed by atoms with Crippen LogP contribution in [0.5, 0.6) is 0 Å². The zero-order valence-electron chi connectivity index (χ0n) is 18.8. The molecule has 0 unspecified atom stereocenters. The van der Waals surface area contributed by atoms with Crippen molar-refractivity contribution in [2.45, 2.75) is 32.2 Å². The van der Waals surface area contributed by atoms with Crippen molar-refractivity contribution in [1.29, 1.82) is 0 Å². The van der Waals surface area contributed by atoms with Crippen molar-refractivity contribution in [3.63, 3.8) is 0 Å². The van der Waals surface area contributed by atoms with Gasteiger partial charge in [0.15, 0.2) is 10.9 Å². The van der Waals surface area contributed by atoms with Gasteiger partial charge in [0.25, 0.3) is 0 Å². The summed E-state index contributed by atoms with van der Waals surface area (Å²) in [6.07, 6.45) is 2.94. The van der Waals surface area contributed by atoms with Gasteiger partial charge in [0.2, 0.25) is 5.91 Å². The molecule has 1 aliphatic heterocycles. The highest BCUT2D eigenvalue weighted by Crippen LogP contribution is 2.28. The average molecular weight is 503 g/mol. The molecule has 180 valence electrons. The standard InChI is InChI=1S/C12H18N4O.C10H8N2O3S2/c1-9-3-2-6-15-10(9)16-7-4-12(14,5-8-16)11(13)17;1-5(13)7-4-17-10(12-7)11-6-2-3-16-8(6)9(14)15/h2-3,6H,4-5,7-8,14H2,1H3,(H2,13,17);2-4H,1H3,(H,11,12)(H,14,15). The van der Waals surface area contributed by atoms with Crippen LogP contribution in [-0.4, -0.2) is 51.4 Å². The van der Waals surface area contributed by atoms with E-state index in [1.165, 1.54) is 18.3 Å². The fourth-order valence-electron chi connectivity index (χ4n) is 3.35. The Morgan fingerprint density at radius 1 is 1.21 bits per heavy atom. The maximum atomic E-state index is 11.2. The summed E-state index contributed by atoms with van der Waals surface area (Å²) < 4.78 is 0.